The third-order valence-electron chi connectivity index (χ3n) is 5.85. The first-order chi connectivity index (χ1) is 16.4. The molecular weight excluding hydrogens is 450 g/mol. The summed E-state index contributed by atoms with van der Waals surface area (Å²) in [5, 5.41) is 9.48. The molecule has 4 rings (SSSR count). The molecule has 2 aliphatic heterocycles. The van der Waals surface area contributed by atoms with Crippen LogP contribution in [0.25, 0.3) is 11.3 Å². The molecule has 34 heavy (non-hydrogen) atoms. The molecule has 2 aliphatic rings. The smallest absolute Gasteiger partial charge is 0.317 e. The highest BCUT2D eigenvalue weighted by Gasteiger charge is 2.23. The number of anilines is 1. The van der Waals surface area contributed by atoms with Crippen molar-refractivity contribution < 1.29 is 4.79 Å². The second-order valence-electron chi connectivity index (χ2n) is 8.51. The van der Waals surface area contributed by atoms with E-state index in [0.29, 0.717) is 25.3 Å². The van der Waals surface area contributed by atoms with Gasteiger partial charge in [0.05, 0.1) is 5.69 Å². The number of piperazine rings is 1. The van der Waals surface area contributed by atoms with Crippen LogP contribution >= 0.6 is 11.8 Å². The summed E-state index contributed by atoms with van der Waals surface area (Å²) >= 11 is 1.75. The molecule has 0 radical (unpaired) electrons. The number of nitrogens with one attached hydrogen (secondary N) is 2. The van der Waals surface area contributed by atoms with Crippen LogP contribution in [0.15, 0.2) is 52.7 Å². The van der Waals surface area contributed by atoms with Gasteiger partial charge in [0.15, 0.2) is 5.50 Å². The Morgan fingerprint density at radius 1 is 1.21 bits per heavy atom. The zero-order valence-corrected chi connectivity index (χ0v) is 20.6. The highest BCUT2D eigenvalue weighted by Crippen LogP contribution is 2.32. The van der Waals surface area contributed by atoms with E-state index in [0.717, 1.165) is 42.3 Å². The maximum Gasteiger partial charge on any atom is 0.317 e. The molecule has 180 valence electrons. The molecule has 0 bridgehead atoms. The summed E-state index contributed by atoms with van der Waals surface area (Å²) in [5.41, 5.74) is 3.22. The fourth-order valence-electron chi connectivity index (χ4n) is 4.15. The van der Waals surface area contributed by atoms with Gasteiger partial charge >= 0.3 is 6.03 Å². The number of nitroso groups, excluding NO2 is 1. The van der Waals surface area contributed by atoms with Gasteiger partial charge in [-0.15, -0.1) is 4.91 Å². The van der Waals surface area contributed by atoms with E-state index in [1.165, 1.54) is 4.91 Å². The van der Waals surface area contributed by atoms with Gasteiger partial charge in [0.1, 0.15) is 11.5 Å². The topological polar surface area (TPSA) is 93.2 Å². The van der Waals surface area contributed by atoms with E-state index in [9.17, 15) is 9.70 Å². The number of urea groups is 1. The normalized spacial score (nSPS) is 18.6. The van der Waals surface area contributed by atoms with Crippen LogP contribution in [-0.2, 0) is 6.54 Å². The Kier molecular flexibility index (Phi) is 7.69. The lowest BCUT2D eigenvalue weighted by atomic mass is 10.1. The number of pyridine rings is 1. The number of allylic oxidation sites excluding steroid dienone is 1. The van der Waals surface area contributed by atoms with Gasteiger partial charge in [-0.05, 0) is 48.9 Å². The fraction of sp³-hybridized carbons (Fsp3) is 0.417. The van der Waals surface area contributed by atoms with Gasteiger partial charge in [0, 0.05) is 63.0 Å². The molecule has 1 aromatic carbocycles. The van der Waals surface area contributed by atoms with Gasteiger partial charge in [0.2, 0.25) is 0 Å². The van der Waals surface area contributed by atoms with E-state index < -0.39 is 0 Å². The Labute approximate surface area is 204 Å². The van der Waals surface area contributed by atoms with E-state index >= 15 is 0 Å². The molecular formula is C24H31N7O2S. The lowest BCUT2D eigenvalue weighted by Crippen LogP contribution is -2.51. The van der Waals surface area contributed by atoms with Crippen molar-refractivity contribution in [2.45, 2.75) is 25.9 Å². The van der Waals surface area contributed by atoms with Crippen molar-refractivity contribution in [2.24, 2.45) is 5.18 Å². The van der Waals surface area contributed by atoms with Gasteiger partial charge in [-0.25, -0.2) is 9.78 Å². The summed E-state index contributed by atoms with van der Waals surface area (Å²) in [4.78, 5) is 35.6. The van der Waals surface area contributed by atoms with Crippen molar-refractivity contribution in [3.63, 3.8) is 0 Å². The first kappa shape index (κ1) is 24.0. The van der Waals surface area contributed by atoms with Crippen molar-refractivity contribution in [1.29, 1.82) is 0 Å². The molecule has 10 heteroatoms. The maximum atomic E-state index is 12.1. The summed E-state index contributed by atoms with van der Waals surface area (Å²) < 4.78 is 0. The largest absolute Gasteiger partial charge is 0.351 e. The average Bonchev–Trinajstić information content (AvgIpc) is 3.15. The third-order valence-corrected chi connectivity index (χ3v) is 7.00. The number of nitrogens with zero attached hydrogens (tertiary/aromatic N) is 5. The minimum Gasteiger partial charge on any atom is -0.351 e. The minimum atomic E-state index is 0.00518. The number of aromatic nitrogens is 1. The van der Waals surface area contributed by atoms with E-state index in [-0.39, 0.29) is 11.5 Å². The highest BCUT2D eigenvalue weighted by atomic mass is 32.2. The summed E-state index contributed by atoms with van der Waals surface area (Å²) in [5.74, 6) is 0.783. The van der Waals surface area contributed by atoms with Gasteiger partial charge in [-0.1, -0.05) is 23.9 Å². The SMILES string of the molecule is CCNC(=O)N1CCN(Cc2cc(NC3SC(C)=CN3C)nc(-c3cccc(N=O)c3)c2)CC1. The number of carbonyl (C=O) groups is 1. The zero-order valence-electron chi connectivity index (χ0n) is 19.8. The number of thioether (sulfide) groups is 1. The van der Waals surface area contributed by atoms with Gasteiger partial charge in [0.25, 0.3) is 0 Å². The summed E-state index contributed by atoms with van der Waals surface area (Å²) in [6.45, 7) is 8.45. The van der Waals surface area contributed by atoms with Crippen LogP contribution in [0.2, 0.25) is 0 Å². The van der Waals surface area contributed by atoms with Crippen LogP contribution in [-0.4, -0.2) is 71.0 Å². The van der Waals surface area contributed by atoms with Gasteiger partial charge in [-0.2, -0.15) is 0 Å². The third kappa shape index (κ3) is 5.87. The van der Waals surface area contributed by atoms with E-state index in [1.54, 1.807) is 23.9 Å². The summed E-state index contributed by atoms with van der Waals surface area (Å²) in [7, 11) is 2.04. The zero-order chi connectivity index (χ0) is 24.1. The number of amides is 2. The molecule has 1 atom stereocenters. The molecule has 2 N–H and O–H groups in total. The Bertz CT molecular complexity index is 1070. The molecule has 1 unspecified atom stereocenters. The lowest BCUT2D eigenvalue weighted by molar-refractivity contribution is 0.135. The molecule has 0 saturated carbocycles. The minimum absolute atomic E-state index is 0.00518. The monoisotopic (exact) mass is 481 g/mol. The number of rotatable bonds is 7. The Morgan fingerprint density at radius 2 is 2.00 bits per heavy atom. The average molecular weight is 482 g/mol. The second-order valence-corrected chi connectivity index (χ2v) is 9.83. The predicted molar refractivity (Wildman–Crippen MR) is 138 cm³/mol. The van der Waals surface area contributed by atoms with Crippen LogP contribution in [0, 0.1) is 4.91 Å². The molecule has 2 aromatic rings. The van der Waals surface area contributed by atoms with Gasteiger partial charge < -0.3 is 20.4 Å². The van der Waals surface area contributed by atoms with Gasteiger partial charge in [-0.3, -0.25) is 4.90 Å². The van der Waals surface area contributed by atoms with Crippen molar-refractivity contribution in [2.75, 3.05) is 45.1 Å². The molecule has 3 heterocycles. The summed E-state index contributed by atoms with van der Waals surface area (Å²) in [6.07, 6.45) is 2.11. The molecule has 9 nitrogen and oxygen atoms in total. The summed E-state index contributed by atoms with van der Waals surface area (Å²) in [6, 6.07) is 11.4. The Hall–Kier alpha value is -3.11. The molecule has 1 aromatic heterocycles. The Balaban J connectivity index is 1.54. The predicted octanol–water partition coefficient (Wildman–Crippen LogP) is 4.23. The number of hydrogen-bond donors (Lipinski definition) is 2. The van der Waals surface area contributed by atoms with Crippen LogP contribution in [0.3, 0.4) is 0 Å². The van der Waals surface area contributed by atoms with E-state index in [4.69, 9.17) is 4.98 Å². The van der Waals surface area contributed by atoms with Crippen LogP contribution in [0.5, 0.6) is 0 Å². The highest BCUT2D eigenvalue weighted by molar-refractivity contribution is 8.03. The molecule has 2 amide bonds. The van der Waals surface area contributed by atoms with Crippen molar-refractivity contribution in [3.8, 4) is 11.3 Å². The molecule has 1 saturated heterocycles. The first-order valence-electron chi connectivity index (χ1n) is 11.5. The van der Waals surface area contributed by atoms with Crippen molar-refractivity contribution in [3.05, 3.63) is 58.0 Å². The van der Waals surface area contributed by atoms with Crippen LogP contribution in [0.1, 0.15) is 19.4 Å². The standard InChI is InChI=1S/C24H31N7O2S/c1-4-25-23(32)31-10-8-30(9-11-31)16-18-12-21(19-6-5-7-20(14-19)28-33)26-22(13-18)27-24-29(3)15-17(2)34-24/h5-7,12-15,24H,4,8-11,16H2,1-3H3,(H,25,32)(H,26,27). The second kappa shape index (κ2) is 10.9. The van der Waals surface area contributed by atoms with E-state index in [2.05, 4.69) is 50.9 Å². The Morgan fingerprint density at radius 3 is 2.68 bits per heavy atom. The number of hydrogen-bond acceptors (Lipinski definition) is 8. The van der Waals surface area contributed by atoms with E-state index in [1.807, 2.05) is 31.0 Å². The lowest BCUT2D eigenvalue weighted by Gasteiger charge is -2.34. The molecule has 1 fully saturated rings. The molecule has 0 aliphatic carbocycles. The van der Waals surface area contributed by atoms with Crippen molar-refractivity contribution in [1.82, 2.24) is 25.0 Å². The maximum absolute atomic E-state index is 12.1. The first-order valence-corrected chi connectivity index (χ1v) is 12.4. The number of benzene rings is 1. The van der Waals surface area contributed by atoms with Crippen LogP contribution in [0.4, 0.5) is 16.3 Å². The van der Waals surface area contributed by atoms with Crippen molar-refractivity contribution >= 4 is 29.3 Å². The fourth-order valence-corrected chi connectivity index (χ4v) is 5.14. The van der Waals surface area contributed by atoms with Crippen LogP contribution < -0.4 is 10.6 Å². The number of carbonyl (C=O) groups excluding carboxylic acids is 1. The quantitative estimate of drug-likeness (QED) is 0.572. The molecule has 0 spiro atoms.